The molecule has 0 radical (unpaired) electrons. The maximum Gasteiger partial charge on any atom is 0.311 e. The number of nitriles is 1. The van der Waals surface area contributed by atoms with Crippen molar-refractivity contribution in [1.29, 1.82) is 5.26 Å². The highest BCUT2D eigenvalue weighted by molar-refractivity contribution is 7.89. The van der Waals surface area contributed by atoms with Crippen LogP contribution in [0.1, 0.15) is 16.7 Å². The summed E-state index contributed by atoms with van der Waals surface area (Å²) in [5, 5.41) is 28.5. The van der Waals surface area contributed by atoms with Crippen molar-refractivity contribution in [2.45, 2.75) is 18.4 Å². The fourth-order valence-electron chi connectivity index (χ4n) is 3.29. The van der Waals surface area contributed by atoms with Gasteiger partial charge in [0, 0.05) is 17.3 Å². The highest BCUT2D eigenvalue weighted by atomic mass is 32.2. The molecular weight excluding hydrogens is 500 g/mol. The smallest absolute Gasteiger partial charge is 0.311 e. The summed E-state index contributed by atoms with van der Waals surface area (Å²) < 4.78 is 33.8. The zero-order chi connectivity index (χ0) is 27.2. The molecule has 12 heteroatoms. The van der Waals surface area contributed by atoms with Crippen LogP contribution in [0.15, 0.2) is 71.1 Å². The number of ether oxygens (including phenoxy) is 2. The molecule has 0 saturated heterocycles. The minimum absolute atomic E-state index is 0.0702. The molecule has 11 nitrogen and oxygen atoms in total. The Hall–Kier alpha value is -4.73. The average Bonchev–Trinajstić information content (AvgIpc) is 2.86. The Morgan fingerprint density at radius 3 is 2.41 bits per heavy atom. The molecule has 0 aliphatic carbocycles. The molecule has 3 rings (SSSR count). The lowest BCUT2D eigenvalue weighted by molar-refractivity contribution is -0.386. The second kappa shape index (κ2) is 11.3. The summed E-state index contributed by atoms with van der Waals surface area (Å²) in [7, 11) is -2.42. The highest BCUT2D eigenvalue weighted by Crippen LogP contribution is 2.30. The van der Waals surface area contributed by atoms with Gasteiger partial charge in [-0.2, -0.15) is 5.26 Å². The summed E-state index contributed by atoms with van der Waals surface area (Å²) in [6, 6.07) is 16.5. The van der Waals surface area contributed by atoms with Crippen LogP contribution in [0.3, 0.4) is 0 Å². The van der Waals surface area contributed by atoms with E-state index >= 15 is 0 Å². The average molecular weight is 523 g/mol. The van der Waals surface area contributed by atoms with Gasteiger partial charge >= 0.3 is 5.69 Å². The van der Waals surface area contributed by atoms with E-state index in [0.29, 0.717) is 22.4 Å². The number of aryl methyl sites for hydroxylation is 1. The van der Waals surface area contributed by atoms with Crippen LogP contribution < -0.4 is 19.9 Å². The van der Waals surface area contributed by atoms with Crippen molar-refractivity contribution in [3.63, 3.8) is 0 Å². The molecule has 0 aliphatic heterocycles. The van der Waals surface area contributed by atoms with Gasteiger partial charge in [0.15, 0.2) is 5.75 Å². The minimum Gasteiger partial charge on any atom is -0.496 e. The van der Waals surface area contributed by atoms with Crippen LogP contribution in [0, 0.1) is 28.4 Å². The van der Waals surface area contributed by atoms with E-state index in [1.165, 1.54) is 49.6 Å². The fraction of sp³-hybridized carbons (Fsp3) is 0.120. The normalized spacial score (nSPS) is 11.4. The molecular formula is C25H22N4O7S. The van der Waals surface area contributed by atoms with Gasteiger partial charge in [-0.1, -0.05) is 12.1 Å². The highest BCUT2D eigenvalue weighted by Gasteiger charge is 2.17. The van der Waals surface area contributed by atoms with Crippen LogP contribution in [0.4, 0.5) is 11.4 Å². The molecule has 3 aromatic carbocycles. The molecule has 0 bridgehead atoms. The molecule has 0 unspecified atom stereocenters. The Morgan fingerprint density at radius 1 is 1.14 bits per heavy atom. The lowest BCUT2D eigenvalue weighted by Crippen LogP contribution is -2.14. The monoisotopic (exact) mass is 522 g/mol. The van der Waals surface area contributed by atoms with Crippen molar-refractivity contribution >= 4 is 33.4 Å². The quantitative estimate of drug-likeness (QED) is 0.185. The number of nitrogens with zero attached hydrogens (tertiary/aromatic N) is 2. The molecule has 0 aliphatic rings. The molecule has 0 atom stereocenters. The van der Waals surface area contributed by atoms with Gasteiger partial charge in [0.1, 0.15) is 24.0 Å². The first kappa shape index (κ1) is 26.9. The summed E-state index contributed by atoms with van der Waals surface area (Å²) in [6.45, 7) is 1.66. The van der Waals surface area contributed by atoms with Crippen molar-refractivity contribution < 1.29 is 27.6 Å². The summed E-state index contributed by atoms with van der Waals surface area (Å²) in [6.07, 6.45) is 1.35. The van der Waals surface area contributed by atoms with Gasteiger partial charge in [0.05, 0.1) is 16.9 Å². The number of benzene rings is 3. The number of amides is 1. The van der Waals surface area contributed by atoms with Crippen LogP contribution in [-0.2, 0) is 21.4 Å². The first-order chi connectivity index (χ1) is 17.5. The molecule has 0 heterocycles. The number of hydrogen-bond acceptors (Lipinski definition) is 8. The fourth-order valence-corrected chi connectivity index (χ4v) is 3.81. The Balaban J connectivity index is 1.82. The SMILES string of the molecule is COc1ccc(/C=C(\C#N)C(=O)Nc2ccc(S(N)(=O)=O)cc2)cc1COc1ccc(C)cc1[N+](=O)[O-]. The molecule has 1 amide bonds. The summed E-state index contributed by atoms with van der Waals surface area (Å²) in [5.74, 6) is -0.177. The summed E-state index contributed by atoms with van der Waals surface area (Å²) >= 11 is 0. The number of carbonyl (C=O) groups excluding carboxylic acids is 1. The first-order valence-corrected chi connectivity index (χ1v) is 12.2. The zero-order valence-electron chi connectivity index (χ0n) is 19.8. The lowest BCUT2D eigenvalue weighted by Gasteiger charge is -2.12. The van der Waals surface area contributed by atoms with Crippen molar-refractivity contribution in [3.8, 4) is 17.6 Å². The van der Waals surface area contributed by atoms with Crippen LogP contribution in [0.5, 0.6) is 11.5 Å². The largest absolute Gasteiger partial charge is 0.496 e. The van der Waals surface area contributed by atoms with E-state index in [1.54, 1.807) is 31.2 Å². The third kappa shape index (κ3) is 6.91. The second-order valence-electron chi connectivity index (χ2n) is 7.78. The van der Waals surface area contributed by atoms with Crippen molar-refractivity contribution in [1.82, 2.24) is 0 Å². The van der Waals surface area contributed by atoms with E-state index in [1.807, 2.05) is 6.07 Å². The molecule has 3 N–H and O–H groups in total. The molecule has 3 aromatic rings. The van der Waals surface area contributed by atoms with Gasteiger partial charge in [-0.25, -0.2) is 13.6 Å². The molecule has 37 heavy (non-hydrogen) atoms. The number of rotatable bonds is 9. The topological polar surface area (TPSA) is 175 Å². The Morgan fingerprint density at radius 2 is 1.81 bits per heavy atom. The van der Waals surface area contributed by atoms with Crippen molar-refractivity contribution in [3.05, 3.63) is 93.0 Å². The van der Waals surface area contributed by atoms with E-state index in [-0.39, 0.29) is 34.2 Å². The van der Waals surface area contributed by atoms with Gasteiger partial charge in [-0.15, -0.1) is 0 Å². The van der Waals surface area contributed by atoms with E-state index in [9.17, 15) is 28.6 Å². The lowest BCUT2D eigenvalue weighted by atomic mass is 10.1. The van der Waals surface area contributed by atoms with Crippen molar-refractivity contribution in [2.75, 3.05) is 12.4 Å². The number of nitrogens with two attached hydrogens (primary N) is 1. The number of carbonyl (C=O) groups is 1. The number of anilines is 1. The predicted octanol–water partition coefficient (Wildman–Crippen LogP) is 3.68. The summed E-state index contributed by atoms with van der Waals surface area (Å²) in [4.78, 5) is 23.3. The van der Waals surface area contributed by atoms with Crippen molar-refractivity contribution in [2.24, 2.45) is 5.14 Å². The molecule has 190 valence electrons. The third-order valence-corrected chi connectivity index (χ3v) is 6.04. The number of hydrogen-bond donors (Lipinski definition) is 2. The standard InChI is InChI=1S/C25H22N4O7S/c1-16-3-9-24(22(11-16)29(31)32)36-15-19-13-17(4-10-23(19)35-2)12-18(14-26)25(30)28-20-5-7-21(8-6-20)37(27,33)34/h3-13H,15H2,1-2H3,(H,28,30)(H2,27,33,34)/b18-12+. The summed E-state index contributed by atoms with van der Waals surface area (Å²) in [5.41, 5.74) is 1.60. The van der Waals surface area contributed by atoms with E-state index in [2.05, 4.69) is 5.32 Å². The molecule has 0 saturated carbocycles. The van der Waals surface area contributed by atoms with Crippen LogP contribution in [-0.4, -0.2) is 26.4 Å². The van der Waals surface area contributed by atoms with Gasteiger partial charge in [0.2, 0.25) is 10.0 Å². The number of sulfonamides is 1. The number of methoxy groups -OCH3 is 1. The van der Waals surface area contributed by atoms with E-state index in [4.69, 9.17) is 14.6 Å². The number of nitro benzene ring substituents is 1. The Labute approximate surface area is 212 Å². The predicted molar refractivity (Wildman–Crippen MR) is 135 cm³/mol. The number of primary sulfonamides is 1. The Kier molecular flexibility index (Phi) is 8.23. The van der Waals surface area contributed by atoms with E-state index in [0.717, 1.165) is 0 Å². The van der Waals surface area contributed by atoms with Gasteiger partial charge in [-0.3, -0.25) is 14.9 Å². The third-order valence-electron chi connectivity index (χ3n) is 5.12. The Bertz CT molecular complexity index is 1530. The number of nitrogens with one attached hydrogen (secondary N) is 1. The maximum atomic E-state index is 12.6. The van der Waals surface area contributed by atoms with Gasteiger partial charge < -0.3 is 14.8 Å². The van der Waals surface area contributed by atoms with Gasteiger partial charge in [0.25, 0.3) is 5.91 Å². The van der Waals surface area contributed by atoms with E-state index < -0.39 is 20.9 Å². The molecule has 0 fully saturated rings. The molecule has 0 spiro atoms. The molecule has 0 aromatic heterocycles. The van der Waals surface area contributed by atoms with Crippen LogP contribution >= 0.6 is 0 Å². The minimum atomic E-state index is -3.88. The zero-order valence-corrected chi connectivity index (χ0v) is 20.6. The van der Waals surface area contributed by atoms with Gasteiger partial charge in [-0.05, 0) is 66.6 Å². The maximum absolute atomic E-state index is 12.6. The first-order valence-electron chi connectivity index (χ1n) is 10.6. The van der Waals surface area contributed by atoms with Crippen LogP contribution in [0.2, 0.25) is 0 Å². The second-order valence-corrected chi connectivity index (χ2v) is 9.34. The number of nitro groups is 1. The van der Waals surface area contributed by atoms with Crippen LogP contribution in [0.25, 0.3) is 6.08 Å².